The Bertz CT molecular complexity index is 707. The van der Waals surface area contributed by atoms with Crippen molar-refractivity contribution in [2.45, 2.75) is 13.3 Å². The molecule has 6 heteroatoms. The van der Waals surface area contributed by atoms with E-state index in [2.05, 4.69) is 22.8 Å². The third-order valence-corrected chi connectivity index (χ3v) is 3.81. The van der Waals surface area contributed by atoms with Gasteiger partial charge in [0.2, 0.25) is 0 Å². The largest absolute Gasteiger partial charge is 0.491 e. The van der Waals surface area contributed by atoms with E-state index in [9.17, 15) is 4.79 Å². The smallest absolute Gasteiger partial charge is 0.257 e. The SMILES string of the molecule is CCOCCOc1cccc(C(=O)NC(=S)NCCc2ccccc2)c1. The van der Waals surface area contributed by atoms with E-state index in [0.717, 1.165) is 6.42 Å². The first-order valence-electron chi connectivity index (χ1n) is 8.62. The molecular weight excluding hydrogens is 348 g/mol. The Morgan fingerprint density at radius 2 is 1.88 bits per heavy atom. The highest BCUT2D eigenvalue weighted by Crippen LogP contribution is 2.13. The summed E-state index contributed by atoms with van der Waals surface area (Å²) in [6, 6.07) is 17.1. The van der Waals surface area contributed by atoms with Gasteiger partial charge in [-0.25, -0.2) is 0 Å². The number of nitrogens with one attached hydrogen (secondary N) is 2. The van der Waals surface area contributed by atoms with Crippen LogP contribution in [0, 0.1) is 0 Å². The van der Waals surface area contributed by atoms with Gasteiger partial charge >= 0.3 is 0 Å². The van der Waals surface area contributed by atoms with Gasteiger partial charge in [0.1, 0.15) is 12.4 Å². The molecule has 5 nitrogen and oxygen atoms in total. The molecule has 2 aromatic carbocycles. The highest BCUT2D eigenvalue weighted by molar-refractivity contribution is 7.80. The van der Waals surface area contributed by atoms with Crippen LogP contribution in [-0.2, 0) is 11.2 Å². The van der Waals surface area contributed by atoms with Gasteiger partial charge in [-0.3, -0.25) is 10.1 Å². The maximum absolute atomic E-state index is 12.3. The van der Waals surface area contributed by atoms with Gasteiger partial charge < -0.3 is 14.8 Å². The molecule has 138 valence electrons. The lowest BCUT2D eigenvalue weighted by Crippen LogP contribution is -2.40. The molecular formula is C20H24N2O3S. The van der Waals surface area contributed by atoms with E-state index in [-0.39, 0.29) is 5.91 Å². The first kappa shape index (κ1) is 19.9. The molecule has 0 aliphatic heterocycles. The molecule has 0 saturated heterocycles. The molecule has 0 saturated carbocycles. The second-order valence-corrected chi connectivity index (χ2v) is 5.93. The Kier molecular flexibility index (Phi) is 8.59. The van der Waals surface area contributed by atoms with Gasteiger partial charge in [0, 0.05) is 18.7 Å². The average Bonchev–Trinajstić information content (AvgIpc) is 2.66. The number of amides is 1. The van der Waals surface area contributed by atoms with Crippen LogP contribution in [0.5, 0.6) is 5.75 Å². The van der Waals surface area contributed by atoms with Gasteiger partial charge in [0.25, 0.3) is 5.91 Å². The van der Waals surface area contributed by atoms with E-state index in [4.69, 9.17) is 21.7 Å². The Labute approximate surface area is 159 Å². The van der Waals surface area contributed by atoms with Crippen molar-refractivity contribution in [2.24, 2.45) is 0 Å². The first-order chi connectivity index (χ1) is 12.7. The van der Waals surface area contributed by atoms with Gasteiger partial charge in [-0.1, -0.05) is 36.4 Å². The number of hydrogen-bond acceptors (Lipinski definition) is 4. The molecule has 1 amide bonds. The molecule has 0 atom stereocenters. The third-order valence-electron chi connectivity index (χ3n) is 3.57. The van der Waals surface area contributed by atoms with Crippen LogP contribution in [0.15, 0.2) is 54.6 Å². The summed E-state index contributed by atoms with van der Waals surface area (Å²) in [6.07, 6.45) is 0.833. The van der Waals surface area contributed by atoms with Gasteiger partial charge in [-0.15, -0.1) is 0 Å². The van der Waals surface area contributed by atoms with Crippen LogP contribution in [0.1, 0.15) is 22.8 Å². The Balaban J connectivity index is 1.76. The molecule has 0 spiro atoms. The summed E-state index contributed by atoms with van der Waals surface area (Å²) >= 11 is 5.19. The fourth-order valence-corrected chi connectivity index (χ4v) is 2.47. The number of thiocarbonyl (C=S) groups is 1. The van der Waals surface area contributed by atoms with Gasteiger partial charge in [0.05, 0.1) is 6.61 Å². The van der Waals surface area contributed by atoms with Crippen LogP contribution < -0.4 is 15.4 Å². The maximum atomic E-state index is 12.3. The lowest BCUT2D eigenvalue weighted by Gasteiger charge is -2.11. The van der Waals surface area contributed by atoms with E-state index in [0.29, 0.717) is 42.8 Å². The fourth-order valence-electron chi connectivity index (χ4n) is 2.27. The Morgan fingerprint density at radius 1 is 1.08 bits per heavy atom. The van der Waals surface area contributed by atoms with Gasteiger partial charge in [-0.2, -0.15) is 0 Å². The number of rotatable bonds is 9. The number of carbonyl (C=O) groups excluding carboxylic acids is 1. The van der Waals surface area contributed by atoms with E-state index in [1.54, 1.807) is 24.3 Å². The summed E-state index contributed by atoms with van der Waals surface area (Å²) in [7, 11) is 0. The third kappa shape index (κ3) is 7.21. The fraction of sp³-hybridized carbons (Fsp3) is 0.300. The molecule has 2 rings (SSSR count). The quantitative estimate of drug-likeness (QED) is 0.524. The van der Waals surface area contributed by atoms with Crippen molar-refractivity contribution in [1.82, 2.24) is 10.6 Å². The highest BCUT2D eigenvalue weighted by atomic mass is 32.1. The zero-order valence-corrected chi connectivity index (χ0v) is 15.7. The minimum absolute atomic E-state index is 0.266. The standard InChI is InChI=1S/C20H24N2O3S/c1-2-24-13-14-25-18-10-6-9-17(15-18)19(23)22-20(26)21-12-11-16-7-4-3-5-8-16/h3-10,15H,2,11-14H2,1H3,(H2,21,22,23,26). The molecule has 0 fully saturated rings. The lowest BCUT2D eigenvalue weighted by atomic mass is 10.1. The second kappa shape index (κ2) is 11.2. The summed E-state index contributed by atoms with van der Waals surface area (Å²) in [5.41, 5.74) is 1.71. The lowest BCUT2D eigenvalue weighted by molar-refractivity contribution is 0.0975. The van der Waals surface area contributed by atoms with Gasteiger partial charge in [0.15, 0.2) is 5.11 Å². The minimum Gasteiger partial charge on any atom is -0.491 e. The molecule has 0 aliphatic rings. The number of hydrogen-bond donors (Lipinski definition) is 2. The monoisotopic (exact) mass is 372 g/mol. The summed E-state index contributed by atoms with van der Waals surface area (Å²) in [6.45, 7) is 4.20. The van der Waals surface area contributed by atoms with Crippen LogP contribution in [0.4, 0.5) is 0 Å². The van der Waals surface area contributed by atoms with Crippen LogP contribution in [0.25, 0.3) is 0 Å². The van der Waals surface area contributed by atoms with Crippen molar-refractivity contribution < 1.29 is 14.3 Å². The van der Waals surface area contributed by atoms with E-state index >= 15 is 0 Å². The van der Waals surface area contributed by atoms with Crippen LogP contribution >= 0.6 is 12.2 Å². The predicted octanol–water partition coefficient (Wildman–Crippen LogP) is 2.95. The molecule has 2 aromatic rings. The van der Waals surface area contributed by atoms with Gasteiger partial charge in [-0.05, 0) is 49.3 Å². The first-order valence-corrected chi connectivity index (χ1v) is 9.03. The molecule has 0 aliphatic carbocycles. The average molecular weight is 372 g/mol. The summed E-state index contributed by atoms with van der Waals surface area (Å²) in [5.74, 6) is 0.359. The van der Waals surface area contributed by atoms with Crippen LogP contribution in [0.3, 0.4) is 0 Å². The van der Waals surface area contributed by atoms with E-state index in [1.807, 2.05) is 25.1 Å². The zero-order chi connectivity index (χ0) is 18.6. The van der Waals surface area contributed by atoms with Crippen molar-refractivity contribution in [1.29, 1.82) is 0 Å². The van der Waals surface area contributed by atoms with Crippen molar-refractivity contribution >= 4 is 23.2 Å². The minimum atomic E-state index is -0.266. The zero-order valence-electron chi connectivity index (χ0n) is 14.9. The number of ether oxygens (including phenoxy) is 2. The predicted molar refractivity (Wildman–Crippen MR) is 107 cm³/mol. The molecule has 0 heterocycles. The molecule has 0 aromatic heterocycles. The van der Waals surface area contributed by atoms with Crippen LogP contribution in [-0.4, -0.2) is 37.4 Å². The van der Waals surface area contributed by atoms with E-state index in [1.165, 1.54) is 5.56 Å². The molecule has 0 bridgehead atoms. The van der Waals surface area contributed by atoms with Crippen molar-refractivity contribution in [3.8, 4) is 5.75 Å². The van der Waals surface area contributed by atoms with Crippen molar-refractivity contribution in [2.75, 3.05) is 26.4 Å². The molecule has 0 radical (unpaired) electrons. The maximum Gasteiger partial charge on any atom is 0.257 e. The Morgan fingerprint density at radius 3 is 2.65 bits per heavy atom. The van der Waals surface area contributed by atoms with Crippen molar-refractivity contribution in [3.63, 3.8) is 0 Å². The number of carbonyl (C=O) groups is 1. The summed E-state index contributed by atoms with van der Waals surface area (Å²) in [4.78, 5) is 12.3. The molecule has 0 unspecified atom stereocenters. The number of benzene rings is 2. The highest BCUT2D eigenvalue weighted by Gasteiger charge is 2.08. The molecule has 2 N–H and O–H groups in total. The topological polar surface area (TPSA) is 59.6 Å². The molecule has 26 heavy (non-hydrogen) atoms. The second-order valence-electron chi connectivity index (χ2n) is 5.52. The summed E-state index contributed by atoms with van der Waals surface area (Å²) in [5, 5.41) is 6.05. The Hall–Kier alpha value is -2.44. The summed E-state index contributed by atoms with van der Waals surface area (Å²) < 4.78 is 10.8. The normalized spacial score (nSPS) is 10.2. The van der Waals surface area contributed by atoms with E-state index < -0.39 is 0 Å². The van der Waals surface area contributed by atoms with Crippen LogP contribution in [0.2, 0.25) is 0 Å². The van der Waals surface area contributed by atoms with Crippen molar-refractivity contribution in [3.05, 3.63) is 65.7 Å².